The van der Waals surface area contributed by atoms with E-state index in [1.807, 2.05) is 0 Å². The SMILES string of the molecule is Cn1nc(CC2CCC(F)(F)C2)c(C2CCC2)c1NC(=O)C1CC(F)(F)C1. The molecule has 3 aliphatic rings. The molecule has 0 aromatic carbocycles. The van der Waals surface area contributed by atoms with Crippen LogP contribution in [0.4, 0.5) is 23.4 Å². The van der Waals surface area contributed by atoms with Crippen molar-refractivity contribution < 1.29 is 22.4 Å². The van der Waals surface area contributed by atoms with Gasteiger partial charge >= 0.3 is 0 Å². The molecule has 0 aliphatic heterocycles. The number of anilines is 1. The van der Waals surface area contributed by atoms with E-state index in [1.54, 1.807) is 11.7 Å². The zero-order valence-electron chi connectivity index (χ0n) is 15.4. The summed E-state index contributed by atoms with van der Waals surface area (Å²) >= 11 is 0. The molecule has 1 heterocycles. The lowest BCUT2D eigenvalue weighted by Gasteiger charge is -2.34. The van der Waals surface area contributed by atoms with Gasteiger partial charge in [-0.05, 0) is 37.5 Å². The van der Waals surface area contributed by atoms with Gasteiger partial charge in [0.05, 0.1) is 5.69 Å². The van der Waals surface area contributed by atoms with Crippen molar-refractivity contribution in [3.8, 4) is 0 Å². The summed E-state index contributed by atoms with van der Waals surface area (Å²) in [5.41, 5.74) is 1.71. The molecule has 0 spiro atoms. The van der Waals surface area contributed by atoms with Gasteiger partial charge in [0.1, 0.15) is 5.82 Å². The van der Waals surface area contributed by atoms with E-state index in [2.05, 4.69) is 10.4 Å². The van der Waals surface area contributed by atoms with Crippen LogP contribution in [0.25, 0.3) is 0 Å². The Hall–Kier alpha value is -1.60. The van der Waals surface area contributed by atoms with E-state index in [1.165, 1.54) is 0 Å². The number of aryl methyl sites for hydroxylation is 1. The second kappa shape index (κ2) is 6.48. The number of nitrogens with one attached hydrogen (secondary N) is 1. The van der Waals surface area contributed by atoms with Crippen LogP contribution < -0.4 is 5.32 Å². The fourth-order valence-corrected chi connectivity index (χ4v) is 4.58. The van der Waals surface area contributed by atoms with Gasteiger partial charge < -0.3 is 5.32 Å². The van der Waals surface area contributed by atoms with Crippen LogP contribution >= 0.6 is 0 Å². The molecule has 0 bridgehead atoms. The number of amides is 1. The predicted molar refractivity (Wildman–Crippen MR) is 92.1 cm³/mol. The van der Waals surface area contributed by atoms with Gasteiger partial charge in [0.25, 0.3) is 0 Å². The van der Waals surface area contributed by atoms with Crippen LogP contribution in [0.1, 0.15) is 68.5 Å². The first-order chi connectivity index (χ1) is 12.6. The molecule has 27 heavy (non-hydrogen) atoms. The van der Waals surface area contributed by atoms with Crippen LogP contribution in [-0.2, 0) is 18.3 Å². The molecule has 1 unspecified atom stereocenters. The third-order valence-electron chi connectivity index (χ3n) is 6.36. The van der Waals surface area contributed by atoms with Crippen molar-refractivity contribution in [2.24, 2.45) is 18.9 Å². The van der Waals surface area contributed by atoms with Crippen molar-refractivity contribution in [3.05, 3.63) is 11.3 Å². The minimum atomic E-state index is -2.75. The number of halogens is 4. The molecule has 1 amide bonds. The first kappa shape index (κ1) is 18.7. The molecule has 3 fully saturated rings. The maximum Gasteiger partial charge on any atom is 0.249 e. The van der Waals surface area contributed by atoms with E-state index in [0.717, 1.165) is 30.5 Å². The zero-order chi connectivity index (χ0) is 19.4. The topological polar surface area (TPSA) is 46.9 Å². The maximum absolute atomic E-state index is 13.5. The summed E-state index contributed by atoms with van der Waals surface area (Å²) in [4.78, 5) is 12.4. The van der Waals surface area contributed by atoms with Crippen molar-refractivity contribution in [1.29, 1.82) is 0 Å². The van der Waals surface area contributed by atoms with Crippen molar-refractivity contribution in [2.75, 3.05) is 5.32 Å². The van der Waals surface area contributed by atoms with Crippen molar-refractivity contribution in [3.63, 3.8) is 0 Å². The van der Waals surface area contributed by atoms with Gasteiger partial charge in [-0.15, -0.1) is 0 Å². The highest BCUT2D eigenvalue weighted by molar-refractivity contribution is 5.93. The molecular formula is C19H25F4N3O. The van der Waals surface area contributed by atoms with Gasteiger partial charge in [0.2, 0.25) is 17.8 Å². The number of hydrogen-bond donors (Lipinski definition) is 1. The van der Waals surface area contributed by atoms with Gasteiger partial charge in [-0.25, -0.2) is 17.6 Å². The Balaban J connectivity index is 1.52. The lowest BCUT2D eigenvalue weighted by molar-refractivity contribution is -0.145. The third kappa shape index (κ3) is 3.72. The molecule has 0 saturated heterocycles. The fraction of sp³-hybridized carbons (Fsp3) is 0.789. The number of nitrogens with zero attached hydrogens (tertiary/aromatic N) is 2. The number of hydrogen-bond acceptors (Lipinski definition) is 2. The molecule has 1 aromatic heterocycles. The molecule has 150 valence electrons. The molecule has 4 rings (SSSR count). The van der Waals surface area contributed by atoms with Crippen LogP contribution in [0.5, 0.6) is 0 Å². The minimum Gasteiger partial charge on any atom is -0.310 e. The van der Waals surface area contributed by atoms with Gasteiger partial charge in [-0.2, -0.15) is 5.10 Å². The summed E-state index contributed by atoms with van der Waals surface area (Å²) in [6.07, 6.45) is 2.96. The smallest absolute Gasteiger partial charge is 0.249 e. The van der Waals surface area contributed by atoms with Crippen molar-refractivity contribution >= 4 is 11.7 Å². The molecule has 3 saturated carbocycles. The maximum atomic E-state index is 13.5. The first-order valence-electron chi connectivity index (χ1n) is 9.76. The van der Waals surface area contributed by atoms with Crippen molar-refractivity contribution in [1.82, 2.24) is 9.78 Å². The predicted octanol–water partition coefficient (Wildman–Crippen LogP) is 4.65. The summed E-state index contributed by atoms with van der Waals surface area (Å²) in [5, 5.41) is 7.33. The largest absolute Gasteiger partial charge is 0.310 e. The molecule has 1 aromatic rings. The highest BCUT2D eigenvalue weighted by Gasteiger charge is 2.49. The van der Waals surface area contributed by atoms with Crippen LogP contribution in [0.3, 0.4) is 0 Å². The lowest BCUT2D eigenvalue weighted by atomic mass is 9.78. The standard InChI is InChI=1S/C19H25F4N3O/c1-26-16(24-17(27)13-9-19(22,23)10-13)15(12-3-2-4-12)14(25-26)7-11-5-6-18(20,21)8-11/h11-13H,2-10H2,1H3,(H,24,27). The lowest BCUT2D eigenvalue weighted by Crippen LogP contribution is -2.42. The Morgan fingerprint density at radius 2 is 1.85 bits per heavy atom. The number of carbonyl (C=O) groups excluding carboxylic acids is 1. The average molecular weight is 387 g/mol. The monoisotopic (exact) mass is 387 g/mol. The molecule has 4 nitrogen and oxygen atoms in total. The molecule has 1 N–H and O–H groups in total. The summed E-state index contributed by atoms with van der Waals surface area (Å²) < 4.78 is 54.8. The van der Waals surface area contributed by atoms with Crippen LogP contribution in [0, 0.1) is 11.8 Å². The Bertz CT molecular complexity index is 734. The van der Waals surface area contributed by atoms with Gasteiger partial charge in [0.15, 0.2) is 0 Å². The second-order valence-corrected chi connectivity index (χ2v) is 8.58. The van der Waals surface area contributed by atoms with E-state index in [0.29, 0.717) is 18.7 Å². The number of rotatable bonds is 5. The van der Waals surface area contributed by atoms with Gasteiger partial charge in [-0.3, -0.25) is 9.48 Å². The Morgan fingerprint density at radius 3 is 2.37 bits per heavy atom. The highest BCUT2D eigenvalue weighted by atomic mass is 19.3. The zero-order valence-corrected chi connectivity index (χ0v) is 15.4. The van der Waals surface area contributed by atoms with Crippen LogP contribution in [0.2, 0.25) is 0 Å². The average Bonchev–Trinajstić information content (AvgIpc) is 2.97. The number of aromatic nitrogens is 2. The van der Waals surface area contributed by atoms with E-state index < -0.39 is 36.5 Å². The molecular weight excluding hydrogens is 362 g/mol. The summed E-state index contributed by atoms with van der Waals surface area (Å²) in [6.45, 7) is 0. The molecule has 8 heteroatoms. The van der Waals surface area contributed by atoms with E-state index in [-0.39, 0.29) is 24.7 Å². The first-order valence-corrected chi connectivity index (χ1v) is 9.76. The Labute approximate surface area is 155 Å². The molecule has 3 aliphatic carbocycles. The second-order valence-electron chi connectivity index (χ2n) is 8.58. The van der Waals surface area contributed by atoms with E-state index in [4.69, 9.17) is 0 Å². The number of alkyl halides is 4. The Morgan fingerprint density at radius 1 is 1.15 bits per heavy atom. The fourth-order valence-electron chi connectivity index (χ4n) is 4.58. The number of carbonyl (C=O) groups is 1. The third-order valence-corrected chi connectivity index (χ3v) is 6.36. The molecule has 1 atom stereocenters. The minimum absolute atomic E-state index is 0.0806. The van der Waals surface area contributed by atoms with Gasteiger partial charge in [-0.1, -0.05) is 6.42 Å². The normalized spacial score (nSPS) is 27.2. The van der Waals surface area contributed by atoms with E-state index in [9.17, 15) is 22.4 Å². The summed E-state index contributed by atoms with van der Waals surface area (Å²) in [7, 11) is 1.71. The van der Waals surface area contributed by atoms with Crippen LogP contribution in [-0.4, -0.2) is 27.5 Å². The van der Waals surface area contributed by atoms with Crippen LogP contribution in [0.15, 0.2) is 0 Å². The molecule has 0 radical (unpaired) electrons. The summed E-state index contributed by atoms with van der Waals surface area (Å²) in [6, 6.07) is 0. The summed E-state index contributed by atoms with van der Waals surface area (Å²) in [5.74, 6) is -5.72. The van der Waals surface area contributed by atoms with Crippen molar-refractivity contribution in [2.45, 2.75) is 75.6 Å². The quantitative estimate of drug-likeness (QED) is 0.748. The van der Waals surface area contributed by atoms with E-state index >= 15 is 0 Å². The highest BCUT2D eigenvalue weighted by Crippen LogP contribution is 2.46. The van der Waals surface area contributed by atoms with Gasteiger partial charge in [0, 0.05) is 44.2 Å². The Kier molecular flexibility index (Phi) is 4.50.